The minimum absolute atomic E-state index is 0.113. The van der Waals surface area contributed by atoms with E-state index in [1.54, 1.807) is 30.5 Å². The molecule has 2 amide bonds. The number of carbonyl (C=O) groups is 1. The molecule has 6 heteroatoms. The number of urea groups is 1. The molecular formula is C15H19ClN4O. The molecule has 2 N–H and O–H groups in total. The molecule has 1 aromatic carbocycles. The number of rotatable bonds is 4. The van der Waals surface area contributed by atoms with Crippen molar-refractivity contribution >= 4 is 23.3 Å². The van der Waals surface area contributed by atoms with Gasteiger partial charge in [-0.3, -0.25) is 4.68 Å². The van der Waals surface area contributed by atoms with Crippen LogP contribution in [0.1, 0.15) is 31.1 Å². The number of carbonyl (C=O) groups excluding carboxylic acids is 1. The first kappa shape index (κ1) is 15.4. The Hall–Kier alpha value is -2.01. The molecule has 0 aliphatic rings. The van der Waals surface area contributed by atoms with Crippen molar-refractivity contribution in [2.75, 3.05) is 5.32 Å². The van der Waals surface area contributed by atoms with E-state index in [2.05, 4.69) is 15.7 Å². The lowest BCUT2D eigenvalue weighted by Gasteiger charge is -2.15. The number of nitrogens with zero attached hydrogens (tertiary/aromatic N) is 2. The van der Waals surface area contributed by atoms with E-state index in [1.807, 2.05) is 25.5 Å². The van der Waals surface area contributed by atoms with Crippen molar-refractivity contribution in [3.63, 3.8) is 0 Å². The molecule has 1 heterocycles. The van der Waals surface area contributed by atoms with Gasteiger partial charge in [-0.2, -0.15) is 5.10 Å². The summed E-state index contributed by atoms with van der Waals surface area (Å²) >= 11 is 5.81. The van der Waals surface area contributed by atoms with Gasteiger partial charge >= 0.3 is 6.03 Å². The first-order valence-corrected chi connectivity index (χ1v) is 7.24. The van der Waals surface area contributed by atoms with Gasteiger partial charge in [-0.25, -0.2) is 4.79 Å². The van der Waals surface area contributed by atoms with Gasteiger partial charge in [0, 0.05) is 28.5 Å². The molecular weight excluding hydrogens is 288 g/mol. The standard InChI is InChI=1S/C15H19ClN4O/c1-4-20-11(3)14(9-17-20)10(2)18-15(21)19-13-7-5-12(16)6-8-13/h5-10H,4H2,1-3H3,(H2,18,19,21). The largest absolute Gasteiger partial charge is 0.331 e. The molecule has 1 atom stereocenters. The summed E-state index contributed by atoms with van der Waals surface area (Å²) in [6.45, 7) is 6.79. The van der Waals surface area contributed by atoms with E-state index >= 15 is 0 Å². The van der Waals surface area contributed by atoms with Crippen LogP contribution in [0, 0.1) is 6.92 Å². The average Bonchev–Trinajstić information content (AvgIpc) is 2.82. The third-order valence-electron chi connectivity index (χ3n) is 3.36. The number of halogens is 1. The average molecular weight is 307 g/mol. The molecule has 0 spiro atoms. The number of aryl methyl sites for hydroxylation is 1. The number of aromatic nitrogens is 2. The van der Waals surface area contributed by atoms with Crippen molar-refractivity contribution in [1.82, 2.24) is 15.1 Å². The number of amides is 2. The van der Waals surface area contributed by atoms with Crippen LogP contribution in [0.3, 0.4) is 0 Å². The Morgan fingerprint density at radius 1 is 1.38 bits per heavy atom. The smallest absolute Gasteiger partial charge is 0.319 e. The third-order valence-corrected chi connectivity index (χ3v) is 3.61. The topological polar surface area (TPSA) is 59.0 Å². The lowest BCUT2D eigenvalue weighted by Crippen LogP contribution is -2.31. The molecule has 5 nitrogen and oxygen atoms in total. The highest BCUT2D eigenvalue weighted by Gasteiger charge is 2.15. The number of benzene rings is 1. The number of hydrogen-bond donors (Lipinski definition) is 2. The normalized spacial score (nSPS) is 12.0. The Morgan fingerprint density at radius 2 is 2.05 bits per heavy atom. The van der Waals surface area contributed by atoms with Gasteiger partial charge in [0.15, 0.2) is 0 Å². The van der Waals surface area contributed by atoms with Gasteiger partial charge in [0.2, 0.25) is 0 Å². The maximum Gasteiger partial charge on any atom is 0.319 e. The minimum Gasteiger partial charge on any atom is -0.331 e. The van der Waals surface area contributed by atoms with Crippen molar-refractivity contribution in [1.29, 1.82) is 0 Å². The molecule has 1 unspecified atom stereocenters. The van der Waals surface area contributed by atoms with Crippen LogP contribution in [0.2, 0.25) is 5.02 Å². The van der Waals surface area contributed by atoms with Crippen molar-refractivity contribution < 1.29 is 4.79 Å². The zero-order valence-corrected chi connectivity index (χ0v) is 13.1. The third kappa shape index (κ3) is 3.76. The van der Waals surface area contributed by atoms with Gasteiger partial charge in [0.25, 0.3) is 0 Å². The molecule has 0 radical (unpaired) electrons. The summed E-state index contributed by atoms with van der Waals surface area (Å²) in [7, 11) is 0. The summed E-state index contributed by atoms with van der Waals surface area (Å²) in [5.74, 6) is 0. The zero-order chi connectivity index (χ0) is 15.4. The Balaban J connectivity index is 1.98. The maximum atomic E-state index is 12.0. The van der Waals surface area contributed by atoms with Crippen LogP contribution in [0.4, 0.5) is 10.5 Å². The van der Waals surface area contributed by atoms with E-state index in [4.69, 9.17) is 11.6 Å². The van der Waals surface area contributed by atoms with Crippen LogP contribution in [-0.2, 0) is 6.54 Å². The van der Waals surface area contributed by atoms with Crippen LogP contribution in [0.15, 0.2) is 30.5 Å². The second kappa shape index (κ2) is 6.63. The molecule has 21 heavy (non-hydrogen) atoms. The van der Waals surface area contributed by atoms with Crippen molar-refractivity contribution in [3.8, 4) is 0 Å². The van der Waals surface area contributed by atoms with Crippen LogP contribution >= 0.6 is 11.6 Å². The van der Waals surface area contributed by atoms with Crippen molar-refractivity contribution in [3.05, 3.63) is 46.7 Å². The predicted octanol–water partition coefficient (Wildman–Crippen LogP) is 3.75. The number of anilines is 1. The van der Waals surface area contributed by atoms with E-state index in [-0.39, 0.29) is 12.1 Å². The second-order valence-electron chi connectivity index (χ2n) is 4.83. The van der Waals surface area contributed by atoms with E-state index in [9.17, 15) is 4.79 Å². The Labute approximate surface area is 129 Å². The summed E-state index contributed by atoms with van der Waals surface area (Å²) in [6, 6.07) is 6.61. The molecule has 0 aliphatic carbocycles. The fourth-order valence-corrected chi connectivity index (χ4v) is 2.31. The van der Waals surface area contributed by atoms with Crippen molar-refractivity contribution in [2.45, 2.75) is 33.4 Å². The fraction of sp³-hybridized carbons (Fsp3) is 0.333. The number of nitrogens with one attached hydrogen (secondary N) is 2. The molecule has 0 fully saturated rings. The van der Waals surface area contributed by atoms with Crippen molar-refractivity contribution in [2.24, 2.45) is 0 Å². The summed E-state index contributed by atoms with van der Waals surface area (Å²) in [5.41, 5.74) is 2.78. The SMILES string of the molecule is CCn1ncc(C(C)NC(=O)Nc2ccc(Cl)cc2)c1C. The highest BCUT2D eigenvalue weighted by atomic mass is 35.5. The van der Waals surface area contributed by atoms with Crippen LogP contribution in [-0.4, -0.2) is 15.8 Å². The highest BCUT2D eigenvalue weighted by Crippen LogP contribution is 2.17. The first-order valence-electron chi connectivity index (χ1n) is 6.86. The molecule has 0 saturated heterocycles. The van der Waals surface area contributed by atoms with E-state index in [0.717, 1.165) is 17.8 Å². The van der Waals surface area contributed by atoms with Gasteiger partial charge in [0.05, 0.1) is 12.2 Å². The molecule has 1 aromatic heterocycles. The molecule has 2 aromatic rings. The highest BCUT2D eigenvalue weighted by molar-refractivity contribution is 6.30. The van der Waals surface area contributed by atoms with Gasteiger partial charge < -0.3 is 10.6 Å². The Bertz CT molecular complexity index is 621. The minimum atomic E-state index is -0.256. The summed E-state index contributed by atoms with van der Waals surface area (Å²) in [5, 5.41) is 10.6. The lowest BCUT2D eigenvalue weighted by molar-refractivity contribution is 0.249. The summed E-state index contributed by atoms with van der Waals surface area (Å²) in [4.78, 5) is 12.0. The van der Waals surface area contributed by atoms with Gasteiger partial charge in [-0.15, -0.1) is 0 Å². The summed E-state index contributed by atoms with van der Waals surface area (Å²) in [6.07, 6.45) is 1.80. The molecule has 0 aliphatic heterocycles. The molecule has 112 valence electrons. The van der Waals surface area contributed by atoms with Gasteiger partial charge in [0.1, 0.15) is 0 Å². The van der Waals surface area contributed by atoms with E-state index in [0.29, 0.717) is 10.7 Å². The predicted molar refractivity (Wildman–Crippen MR) is 84.7 cm³/mol. The first-order chi connectivity index (χ1) is 10.0. The quantitative estimate of drug-likeness (QED) is 0.904. The van der Waals surface area contributed by atoms with Crippen LogP contribution in [0.5, 0.6) is 0 Å². The monoisotopic (exact) mass is 306 g/mol. The number of hydrogen-bond acceptors (Lipinski definition) is 2. The molecule has 2 rings (SSSR count). The van der Waals surface area contributed by atoms with Gasteiger partial charge in [-0.05, 0) is 45.0 Å². The van der Waals surface area contributed by atoms with Crippen LogP contribution < -0.4 is 10.6 Å². The fourth-order valence-electron chi connectivity index (χ4n) is 2.18. The summed E-state index contributed by atoms with van der Waals surface area (Å²) < 4.78 is 1.91. The van der Waals surface area contributed by atoms with Gasteiger partial charge in [-0.1, -0.05) is 11.6 Å². The zero-order valence-electron chi connectivity index (χ0n) is 12.4. The molecule has 0 bridgehead atoms. The maximum absolute atomic E-state index is 12.0. The van der Waals surface area contributed by atoms with E-state index in [1.165, 1.54) is 0 Å². The Kier molecular flexibility index (Phi) is 4.85. The second-order valence-corrected chi connectivity index (χ2v) is 5.26. The van der Waals surface area contributed by atoms with Crippen LogP contribution in [0.25, 0.3) is 0 Å². The molecule has 0 saturated carbocycles. The Morgan fingerprint density at radius 3 is 2.62 bits per heavy atom. The van der Waals surface area contributed by atoms with E-state index < -0.39 is 0 Å². The lowest BCUT2D eigenvalue weighted by atomic mass is 10.1.